The minimum Gasteiger partial charge on any atom is -0.387 e. The van der Waals surface area contributed by atoms with Gasteiger partial charge in [0.25, 0.3) is 0 Å². The molecule has 0 saturated carbocycles. The van der Waals surface area contributed by atoms with Crippen LogP contribution in [0.3, 0.4) is 0 Å². The van der Waals surface area contributed by atoms with Gasteiger partial charge in [-0.25, -0.2) is 9.97 Å². The number of pyridine rings is 1. The average molecular weight is 356 g/mol. The lowest BCUT2D eigenvalue weighted by molar-refractivity contribution is -0.132. The normalized spacial score (nSPS) is 12.7. The minimum atomic E-state index is -0.729. The molecular weight excluding hydrogens is 328 g/mol. The second-order valence-electron chi connectivity index (χ2n) is 7.48. The van der Waals surface area contributed by atoms with Crippen molar-refractivity contribution < 1.29 is 9.90 Å². The van der Waals surface area contributed by atoms with Crippen molar-refractivity contribution in [3.05, 3.63) is 53.9 Å². The van der Waals surface area contributed by atoms with Crippen molar-refractivity contribution in [1.82, 2.24) is 19.9 Å². The molecule has 2 rings (SSSR count). The van der Waals surface area contributed by atoms with E-state index in [2.05, 4.69) is 35.7 Å². The summed E-state index contributed by atoms with van der Waals surface area (Å²) in [5, 5.41) is 10.4. The fourth-order valence-corrected chi connectivity index (χ4v) is 2.61. The number of amides is 1. The first-order valence-electron chi connectivity index (χ1n) is 8.98. The third kappa shape index (κ3) is 5.59. The maximum Gasteiger partial charge on any atom is 0.227 e. The maximum absolute atomic E-state index is 12.7. The highest BCUT2D eigenvalue weighted by Crippen LogP contribution is 2.18. The summed E-state index contributed by atoms with van der Waals surface area (Å²) < 4.78 is 0. The summed E-state index contributed by atoms with van der Waals surface area (Å²) in [5.74, 6) is 0.722. The quantitative estimate of drug-likeness (QED) is 0.825. The molecular formula is C20H28N4O2. The van der Waals surface area contributed by atoms with E-state index in [1.165, 1.54) is 0 Å². The predicted octanol–water partition coefficient (Wildman–Crippen LogP) is 2.68. The van der Waals surface area contributed by atoms with Crippen molar-refractivity contribution in [2.24, 2.45) is 0 Å². The van der Waals surface area contributed by atoms with E-state index >= 15 is 0 Å². The molecule has 2 heterocycles. The third-order valence-corrected chi connectivity index (χ3v) is 4.06. The summed E-state index contributed by atoms with van der Waals surface area (Å²) in [4.78, 5) is 27.1. The molecule has 0 aromatic carbocycles. The van der Waals surface area contributed by atoms with E-state index in [-0.39, 0.29) is 24.3 Å². The molecule has 1 unspecified atom stereocenters. The average Bonchev–Trinajstić information content (AvgIpc) is 2.61. The van der Waals surface area contributed by atoms with Crippen LogP contribution in [0.15, 0.2) is 36.9 Å². The Bertz CT molecular complexity index is 696. The highest BCUT2D eigenvalue weighted by molar-refractivity contribution is 5.78. The molecule has 0 bridgehead atoms. The van der Waals surface area contributed by atoms with Gasteiger partial charge in [-0.1, -0.05) is 27.7 Å². The molecule has 2 aromatic rings. The Morgan fingerprint density at radius 3 is 2.35 bits per heavy atom. The van der Waals surface area contributed by atoms with E-state index in [9.17, 15) is 9.90 Å². The summed E-state index contributed by atoms with van der Waals surface area (Å²) in [6.45, 7) is 9.03. The van der Waals surface area contributed by atoms with Crippen LogP contribution in [0.5, 0.6) is 0 Å². The summed E-state index contributed by atoms with van der Waals surface area (Å²) in [6.07, 6.45) is 7.04. The summed E-state index contributed by atoms with van der Waals surface area (Å²) in [6, 6.07) is 3.52. The van der Waals surface area contributed by atoms with Crippen LogP contribution >= 0.6 is 0 Å². The van der Waals surface area contributed by atoms with Gasteiger partial charge in [0.1, 0.15) is 5.82 Å². The molecule has 0 aliphatic rings. The van der Waals surface area contributed by atoms with Crippen LogP contribution in [0.25, 0.3) is 0 Å². The number of carbonyl (C=O) groups excluding carboxylic acids is 1. The van der Waals surface area contributed by atoms with Gasteiger partial charge in [-0.2, -0.15) is 0 Å². The maximum atomic E-state index is 12.7. The Morgan fingerprint density at radius 1 is 1.19 bits per heavy atom. The van der Waals surface area contributed by atoms with Crippen molar-refractivity contribution in [2.45, 2.75) is 52.1 Å². The van der Waals surface area contributed by atoms with E-state index in [4.69, 9.17) is 0 Å². The van der Waals surface area contributed by atoms with Crippen molar-refractivity contribution in [3.8, 4) is 0 Å². The molecule has 2 aromatic heterocycles. The van der Waals surface area contributed by atoms with Gasteiger partial charge >= 0.3 is 0 Å². The summed E-state index contributed by atoms with van der Waals surface area (Å²) in [7, 11) is 0. The highest BCUT2D eigenvalue weighted by Gasteiger charge is 2.20. The number of aliphatic hydroxyl groups is 1. The van der Waals surface area contributed by atoms with Gasteiger partial charge < -0.3 is 10.0 Å². The molecule has 140 valence electrons. The van der Waals surface area contributed by atoms with Crippen LogP contribution in [-0.2, 0) is 16.6 Å². The molecule has 0 saturated heterocycles. The number of aliphatic hydroxyl groups excluding tert-OH is 1. The number of aromatic nitrogens is 3. The first-order chi connectivity index (χ1) is 12.3. The lowest BCUT2D eigenvalue weighted by atomic mass is 9.96. The fourth-order valence-electron chi connectivity index (χ4n) is 2.61. The van der Waals surface area contributed by atoms with Crippen LogP contribution in [0, 0.1) is 0 Å². The van der Waals surface area contributed by atoms with E-state index in [1.807, 2.05) is 6.92 Å². The Balaban J connectivity index is 2.03. The zero-order chi connectivity index (χ0) is 19.2. The van der Waals surface area contributed by atoms with Gasteiger partial charge in [0.05, 0.1) is 19.1 Å². The summed E-state index contributed by atoms with van der Waals surface area (Å²) >= 11 is 0. The number of hydrogen-bond donors (Lipinski definition) is 1. The van der Waals surface area contributed by atoms with Crippen molar-refractivity contribution in [2.75, 3.05) is 13.1 Å². The molecule has 6 nitrogen and oxygen atoms in total. The highest BCUT2D eigenvalue weighted by atomic mass is 16.3. The van der Waals surface area contributed by atoms with Crippen molar-refractivity contribution >= 4 is 5.91 Å². The molecule has 6 heteroatoms. The van der Waals surface area contributed by atoms with Crippen molar-refractivity contribution in [1.29, 1.82) is 0 Å². The fraction of sp³-hybridized carbons (Fsp3) is 0.500. The molecule has 0 spiro atoms. The molecule has 1 N–H and O–H groups in total. The number of hydrogen-bond acceptors (Lipinski definition) is 5. The van der Waals surface area contributed by atoms with Gasteiger partial charge in [0.15, 0.2) is 0 Å². The molecule has 0 aliphatic heterocycles. The van der Waals surface area contributed by atoms with Gasteiger partial charge in [-0.15, -0.1) is 0 Å². The first-order valence-corrected chi connectivity index (χ1v) is 8.98. The molecule has 1 amide bonds. The van der Waals surface area contributed by atoms with Gasteiger partial charge in [-0.3, -0.25) is 9.78 Å². The van der Waals surface area contributed by atoms with Crippen LogP contribution < -0.4 is 0 Å². The largest absolute Gasteiger partial charge is 0.387 e. The molecule has 26 heavy (non-hydrogen) atoms. The molecule has 0 radical (unpaired) electrons. The Morgan fingerprint density at radius 2 is 1.81 bits per heavy atom. The molecule has 1 atom stereocenters. The summed E-state index contributed by atoms with van der Waals surface area (Å²) in [5.41, 5.74) is 1.42. The zero-order valence-corrected chi connectivity index (χ0v) is 16.0. The van der Waals surface area contributed by atoms with Crippen LogP contribution in [-0.4, -0.2) is 44.0 Å². The smallest absolute Gasteiger partial charge is 0.227 e. The SMILES string of the molecule is CCCN(CC(O)c1ccncc1)C(=O)Cc1cnc(C(C)(C)C)nc1. The van der Waals surface area contributed by atoms with Crippen LogP contribution in [0.1, 0.15) is 57.2 Å². The van der Waals surface area contributed by atoms with Crippen LogP contribution in [0.2, 0.25) is 0 Å². The van der Waals surface area contributed by atoms with E-state index < -0.39 is 6.10 Å². The topological polar surface area (TPSA) is 79.2 Å². The molecule has 0 aliphatic carbocycles. The number of carbonyl (C=O) groups is 1. The van der Waals surface area contributed by atoms with E-state index in [0.717, 1.165) is 23.4 Å². The minimum absolute atomic E-state index is 0.0351. The predicted molar refractivity (Wildman–Crippen MR) is 101 cm³/mol. The molecule has 0 fully saturated rings. The zero-order valence-electron chi connectivity index (χ0n) is 16.0. The number of rotatable bonds is 7. The first kappa shape index (κ1) is 20.0. The third-order valence-electron chi connectivity index (χ3n) is 4.06. The van der Waals surface area contributed by atoms with Crippen LogP contribution in [0.4, 0.5) is 0 Å². The monoisotopic (exact) mass is 356 g/mol. The van der Waals surface area contributed by atoms with Gasteiger partial charge in [-0.05, 0) is 29.7 Å². The Labute approximate surface area is 155 Å². The lowest BCUT2D eigenvalue weighted by Gasteiger charge is -2.25. The van der Waals surface area contributed by atoms with Gasteiger partial charge in [0.2, 0.25) is 5.91 Å². The van der Waals surface area contributed by atoms with Gasteiger partial charge in [0, 0.05) is 36.7 Å². The Hall–Kier alpha value is -2.34. The second kappa shape index (κ2) is 8.85. The second-order valence-corrected chi connectivity index (χ2v) is 7.48. The van der Waals surface area contributed by atoms with E-state index in [0.29, 0.717) is 6.54 Å². The standard InChI is InChI=1S/C20H28N4O2/c1-5-10-24(14-17(25)16-6-8-21-9-7-16)18(26)11-15-12-22-19(23-13-15)20(2,3)4/h6-9,12-13,17,25H,5,10-11,14H2,1-4H3. The number of nitrogens with zero attached hydrogens (tertiary/aromatic N) is 4. The van der Waals surface area contributed by atoms with Crippen molar-refractivity contribution in [3.63, 3.8) is 0 Å². The Kier molecular flexibility index (Phi) is 6.80. The van der Waals surface area contributed by atoms with E-state index in [1.54, 1.807) is 41.8 Å². The lowest BCUT2D eigenvalue weighted by Crippen LogP contribution is -2.36.